The molecule has 4 heterocycles. The second kappa shape index (κ2) is 12.0. The Balaban J connectivity index is 1.02. The molecule has 12 rings (SSSR count). The molecule has 0 spiro atoms. The zero-order valence-electron chi connectivity index (χ0n) is 30.1. The fraction of sp³-hybridized carbons (Fsp3) is 0.0196. The van der Waals surface area contributed by atoms with Crippen molar-refractivity contribution < 1.29 is 8.83 Å². The van der Waals surface area contributed by atoms with Gasteiger partial charge in [0.05, 0.1) is 23.3 Å². The lowest BCUT2D eigenvalue weighted by molar-refractivity contribution is 0.668. The fourth-order valence-electron chi connectivity index (χ4n) is 8.63. The number of amidine groups is 1. The maximum atomic E-state index is 6.43. The summed E-state index contributed by atoms with van der Waals surface area (Å²) >= 11 is 0. The van der Waals surface area contributed by atoms with Gasteiger partial charge in [0.15, 0.2) is 5.84 Å². The molecule has 1 aliphatic heterocycles. The van der Waals surface area contributed by atoms with Gasteiger partial charge in [0.1, 0.15) is 22.3 Å². The molecule has 0 fully saturated rings. The van der Waals surface area contributed by atoms with Crippen LogP contribution in [0.4, 0.5) is 0 Å². The summed E-state index contributed by atoms with van der Waals surface area (Å²) in [4.78, 5) is 9.81. The number of para-hydroxylation sites is 2. The third kappa shape index (κ3) is 4.74. The van der Waals surface area contributed by atoms with Crippen molar-refractivity contribution in [1.82, 2.24) is 4.57 Å². The van der Waals surface area contributed by atoms with Crippen LogP contribution in [0.5, 0.6) is 0 Å². The first kappa shape index (κ1) is 30.9. The second-order valence-corrected chi connectivity index (χ2v) is 14.5. The van der Waals surface area contributed by atoms with Gasteiger partial charge in [0.25, 0.3) is 0 Å². The lowest BCUT2D eigenvalue weighted by Crippen LogP contribution is -2.02. The molecule has 1 aliphatic rings. The van der Waals surface area contributed by atoms with E-state index in [4.69, 9.17) is 18.8 Å². The fourth-order valence-corrected chi connectivity index (χ4v) is 8.63. The van der Waals surface area contributed by atoms with Gasteiger partial charge < -0.3 is 13.4 Å². The van der Waals surface area contributed by atoms with Crippen molar-refractivity contribution in [1.29, 1.82) is 0 Å². The summed E-state index contributed by atoms with van der Waals surface area (Å²) in [6.45, 7) is 0.534. The summed E-state index contributed by atoms with van der Waals surface area (Å²) in [5.74, 6) is 0.771. The van der Waals surface area contributed by atoms with Crippen molar-refractivity contribution >= 4 is 77.2 Å². The zero-order valence-corrected chi connectivity index (χ0v) is 30.1. The van der Waals surface area contributed by atoms with Gasteiger partial charge in [-0.2, -0.15) is 0 Å². The number of furan rings is 2. The topological polar surface area (TPSA) is 55.9 Å². The summed E-state index contributed by atoms with van der Waals surface area (Å²) < 4.78 is 15.0. The van der Waals surface area contributed by atoms with Crippen molar-refractivity contribution in [3.05, 3.63) is 187 Å². The van der Waals surface area contributed by atoms with Crippen molar-refractivity contribution in [2.45, 2.75) is 0 Å². The van der Waals surface area contributed by atoms with Crippen LogP contribution in [0.3, 0.4) is 0 Å². The highest BCUT2D eigenvalue weighted by Gasteiger charge is 2.21. The molecular formula is C51H31N3O2. The van der Waals surface area contributed by atoms with Crippen LogP contribution in [-0.4, -0.2) is 22.7 Å². The minimum Gasteiger partial charge on any atom is -0.456 e. The normalized spacial score (nSPS) is 13.1. The van der Waals surface area contributed by atoms with Crippen molar-refractivity contribution in [2.24, 2.45) is 9.98 Å². The summed E-state index contributed by atoms with van der Waals surface area (Å²) in [5, 5.41) is 6.79. The van der Waals surface area contributed by atoms with E-state index in [1.54, 1.807) is 0 Å². The van der Waals surface area contributed by atoms with Crippen molar-refractivity contribution in [3.8, 4) is 27.9 Å². The van der Waals surface area contributed by atoms with E-state index in [0.717, 1.165) is 106 Å². The summed E-state index contributed by atoms with van der Waals surface area (Å²) in [6.07, 6.45) is 0. The average Bonchev–Trinajstić information content (AvgIpc) is 4.05. The van der Waals surface area contributed by atoms with Crippen LogP contribution in [0.2, 0.25) is 0 Å². The quantitative estimate of drug-likeness (QED) is 0.178. The largest absolute Gasteiger partial charge is 0.456 e. The molecule has 0 saturated carbocycles. The Morgan fingerprint density at radius 2 is 0.964 bits per heavy atom. The molecule has 0 N–H and O–H groups in total. The molecule has 56 heavy (non-hydrogen) atoms. The number of nitrogens with zero attached hydrogens (tertiary/aromatic N) is 3. The molecule has 0 aliphatic carbocycles. The minimum absolute atomic E-state index is 0.534. The van der Waals surface area contributed by atoms with E-state index in [2.05, 4.69) is 138 Å². The molecular weight excluding hydrogens is 687 g/mol. The molecule has 0 saturated heterocycles. The number of rotatable bonds is 5. The first-order valence-corrected chi connectivity index (χ1v) is 18.9. The predicted molar refractivity (Wildman–Crippen MR) is 231 cm³/mol. The summed E-state index contributed by atoms with van der Waals surface area (Å²) in [6, 6.07) is 62.0. The summed E-state index contributed by atoms with van der Waals surface area (Å²) in [5.41, 5.74) is 14.6. The van der Waals surface area contributed by atoms with E-state index in [-0.39, 0.29) is 0 Å². The highest BCUT2D eigenvalue weighted by atomic mass is 16.3. The lowest BCUT2D eigenvalue weighted by atomic mass is 9.97. The van der Waals surface area contributed by atoms with Gasteiger partial charge in [-0.1, -0.05) is 103 Å². The van der Waals surface area contributed by atoms with E-state index in [1.807, 2.05) is 42.5 Å². The number of aliphatic imine (C=N–C) groups is 2. The summed E-state index contributed by atoms with van der Waals surface area (Å²) in [7, 11) is 0. The Hall–Kier alpha value is -7.50. The van der Waals surface area contributed by atoms with E-state index < -0.39 is 0 Å². The van der Waals surface area contributed by atoms with Gasteiger partial charge in [-0.25, -0.2) is 4.99 Å². The molecule has 11 aromatic rings. The highest BCUT2D eigenvalue weighted by Crippen LogP contribution is 2.40. The smallest absolute Gasteiger partial charge is 0.155 e. The first-order valence-electron chi connectivity index (χ1n) is 18.9. The SMILES string of the molecule is c1ccc(C2=NCC(c3cccc4oc5ccc(-c6ccc7c(c6)c6cc(-c8ccc9oc%10ccccc%10c9c8)ccc6n7-c6ccccc6)cc5c34)=N2)cc1. The van der Waals surface area contributed by atoms with Crippen LogP contribution < -0.4 is 0 Å². The van der Waals surface area contributed by atoms with Crippen LogP contribution in [0.15, 0.2) is 195 Å². The lowest BCUT2D eigenvalue weighted by Gasteiger charge is -2.09. The molecule has 0 amide bonds. The maximum absolute atomic E-state index is 6.43. The molecule has 3 aromatic heterocycles. The predicted octanol–water partition coefficient (Wildman–Crippen LogP) is 13.2. The van der Waals surface area contributed by atoms with E-state index in [0.29, 0.717) is 6.54 Å². The van der Waals surface area contributed by atoms with Crippen LogP contribution in [0.25, 0.3) is 93.6 Å². The van der Waals surface area contributed by atoms with E-state index in [1.165, 1.54) is 10.8 Å². The average molecular weight is 718 g/mol. The van der Waals surface area contributed by atoms with Crippen LogP contribution in [0.1, 0.15) is 11.1 Å². The third-order valence-corrected chi connectivity index (χ3v) is 11.3. The van der Waals surface area contributed by atoms with Gasteiger partial charge >= 0.3 is 0 Å². The van der Waals surface area contributed by atoms with Crippen LogP contribution >= 0.6 is 0 Å². The number of aromatic nitrogens is 1. The van der Waals surface area contributed by atoms with Gasteiger partial charge in [0.2, 0.25) is 0 Å². The first-order chi connectivity index (χ1) is 27.7. The van der Waals surface area contributed by atoms with Crippen molar-refractivity contribution in [3.63, 3.8) is 0 Å². The third-order valence-electron chi connectivity index (χ3n) is 11.3. The number of hydrogen-bond acceptors (Lipinski definition) is 4. The Morgan fingerprint density at radius 3 is 1.70 bits per heavy atom. The maximum Gasteiger partial charge on any atom is 0.155 e. The van der Waals surface area contributed by atoms with Crippen LogP contribution in [-0.2, 0) is 0 Å². The molecule has 0 unspecified atom stereocenters. The van der Waals surface area contributed by atoms with E-state index in [9.17, 15) is 0 Å². The molecule has 5 heteroatoms. The minimum atomic E-state index is 0.534. The zero-order chi connectivity index (χ0) is 36.7. The highest BCUT2D eigenvalue weighted by molar-refractivity contribution is 6.25. The van der Waals surface area contributed by atoms with Gasteiger partial charge in [-0.3, -0.25) is 4.99 Å². The second-order valence-electron chi connectivity index (χ2n) is 14.5. The monoisotopic (exact) mass is 717 g/mol. The molecule has 0 atom stereocenters. The number of fused-ring (bicyclic) bond motifs is 9. The standard InChI is InChI=1S/C51H31N3O2/c1-3-10-31(11-4-1)51-52-30-43(53-51)38-15-9-17-49-50(38)42-29-35(21-25-48(42)56-49)33-19-23-45-40(27-33)39-26-32(18-22-44(39)54(45)36-12-5-2-6-13-36)34-20-24-47-41(28-34)37-14-7-8-16-46(37)55-47/h1-29H,30H2. The Morgan fingerprint density at radius 1 is 0.411 bits per heavy atom. The molecule has 0 bridgehead atoms. The molecule has 5 nitrogen and oxygen atoms in total. The number of hydrogen-bond donors (Lipinski definition) is 0. The Kier molecular flexibility index (Phi) is 6.63. The Labute approximate surface area is 321 Å². The molecule has 8 aromatic carbocycles. The number of benzene rings is 8. The van der Waals surface area contributed by atoms with Gasteiger partial charge in [0, 0.05) is 49.1 Å². The van der Waals surface area contributed by atoms with Crippen molar-refractivity contribution in [2.75, 3.05) is 6.54 Å². The van der Waals surface area contributed by atoms with Gasteiger partial charge in [-0.05, 0) is 95.1 Å². The molecule has 0 radical (unpaired) electrons. The van der Waals surface area contributed by atoms with Crippen LogP contribution in [0, 0.1) is 0 Å². The van der Waals surface area contributed by atoms with Gasteiger partial charge in [-0.15, -0.1) is 0 Å². The molecule has 262 valence electrons. The van der Waals surface area contributed by atoms with E-state index >= 15 is 0 Å². The Bertz CT molecular complexity index is 3440.